The second kappa shape index (κ2) is 6.59. The van der Waals surface area contributed by atoms with E-state index in [0.717, 1.165) is 24.4 Å². The second-order valence-corrected chi connectivity index (χ2v) is 6.38. The molecule has 0 N–H and O–H groups in total. The van der Waals surface area contributed by atoms with Gasteiger partial charge in [-0.1, -0.05) is 30.3 Å². The molecule has 132 valence electrons. The molecule has 0 saturated heterocycles. The highest BCUT2D eigenvalue weighted by atomic mass is 16.1. The van der Waals surface area contributed by atoms with Crippen molar-refractivity contribution in [2.24, 2.45) is 7.05 Å². The van der Waals surface area contributed by atoms with Crippen molar-refractivity contribution in [3.8, 4) is 0 Å². The van der Waals surface area contributed by atoms with Gasteiger partial charge in [-0.3, -0.25) is 14.0 Å². The minimum absolute atomic E-state index is 0.119. The van der Waals surface area contributed by atoms with Crippen LogP contribution in [0.3, 0.4) is 0 Å². The first kappa shape index (κ1) is 16.3. The van der Waals surface area contributed by atoms with Crippen LogP contribution >= 0.6 is 0 Å². The summed E-state index contributed by atoms with van der Waals surface area (Å²) in [5.74, 6) is 0.961. The molecule has 26 heavy (non-hydrogen) atoms. The Hall–Kier alpha value is -3.22. The van der Waals surface area contributed by atoms with Crippen molar-refractivity contribution in [3.63, 3.8) is 0 Å². The van der Waals surface area contributed by atoms with E-state index < -0.39 is 0 Å². The fourth-order valence-corrected chi connectivity index (χ4v) is 3.29. The molecule has 4 rings (SSSR count). The van der Waals surface area contributed by atoms with E-state index in [-0.39, 0.29) is 11.6 Å². The summed E-state index contributed by atoms with van der Waals surface area (Å²) < 4.78 is 5.40. The molecule has 1 aromatic carbocycles. The van der Waals surface area contributed by atoms with Crippen LogP contribution in [0.4, 0.5) is 0 Å². The van der Waals surface area contributed by atoms with E-state index >= 15 is 0 Å². The number of fused-ring (bicyclic) bond motifs is 1. The molecule has 0 aliphatic carbocycles. The molecule has 3 aromatic heterocycles. The molecule has 7 heteroatoms. The standard InChI is InChI=1S/C19H20N6O/c1-14-20-9-11-24(14)10-8-17(15-6-4-3-5-7-15)25-13-21-16-12-23(2)22-18(16)19(25)26/h3-7,9,11-13,17H,8,10H2,1-2H3. The van der Waals surface area contributed by atoms with Crippen LogP contribution in [-0.4, -0.2) is 28.9 Å². The number of hydrogen-bond acceptors (Lipinski definition) is 4. The highest BCUT2D eigenvalue weighted by Crippen LogP contribution is 2.22. The minimum atomic E-state index is -0.121. The molecule has 0 aliphatic heterocycles. The van der Waals surface area contributed by atoms with Crippen LogP contribution in [-0.2, 0) is 13.6 Å². The fraction of sp³-hybridized carbons (Fsp3) is 0.263. The number of aromatic nitrogens is 6. The number of hydrogen-bond donors (Lipinski definition) is 0. The summed E-state index contributed by atoms with van der Waals surface area (Å²) in [6, 6.07) is 9.92. The summed E-state index contributed by atoms with van der Waals surface area (Å²) >= 11 is 0. The maximum Gasteiger partial charge on any atom is 0.282 e. The fourth-order valence-electron chi connectivity index (χ4n) is 3.29. The summed E-state index contributed by atoms with van der Waals surface area (Å²) in [5, 5.41) is 4.28. The average molecular weight is 348 g/mol. The summed E-state index contributed by atoms with van der Waals surface area (Å²) in [6.07, 6.45) is 7.89. The van der Waals surface area contributed by atoms with E-state index in [2.05, 4.69) is 19.6 Å². The van der Waals surface area contributed by atoms with Crippen molar-refractivity contribution < 1.29 is 0 Å². The zero-order valence-electron chi connectivity index (χ0n) is 14.8. The average Bonchev–Trinajstić information content (AvgIpc) is 3.23. The molecule has 3 heterocycles. The lowest BCUT2D eigenvalue weighted by Gasteiger charge is -2.20. The quantitative estimate of drug-likeness (QED) is 0.555. The Morgan fingerprint density at radius 1 is 1.15 bits per heavy atom. The molecule has 0 aliphatic rings. The third-order valence-electron chi connectivity index (χ3n) is 4.65. The Morgan fingerprint density at radius 3 is 2.69 bits per heavy atom. The van der Waals surface area contributed by atoms with Crippen molar-refractivity contribution in [1.82, 2.24) is 28.9 Å². The number of benzene rings is 1. The molecule has 1 unspecified atom stereocenters. The van der Waals surface area contributed by atoms with Gasteiger partial charge in [0.25, 0.3) is 5.56 Å². The Kier molecular flexibility index (Phi) is 4.12. The zero-order valence-corrected chi connectivity index (χ0v) is 14.8. The van der Waals surface area contributed by atoms with Gasteiger partial charge in [-0.25, -0.2) is 9.97 Å². The highest BCUT2D eigenvalue weighted by Gasteiger charge is 2.18. The van der Waals surface area contributed by atoms with Gasteiger partial charge in [0, 0.05) is 26.0 Å². The molecular weight excluding hydrogens is 328 g/mol. The molecule has 0 amide bonds. The molecule has 0 bridgehead atoms. The first-order valence-corrected chi connectivity index (χ1v) is 8.56. The predicted molar refractivity (Wildman–Crippen MR) is 98.9 cm³/mol. The number of nitrogens with zero attached hydrogens (tertiary/aromatic N) is 6. The largest absolute Gasteiger partial charge is 0.335 e. The highest BCUT2D eigenvalue weighted by molar-refractivity contribution is 5.71. The normalized spacial score (nSPS) is 12.5. The van der Waals surface area contributed by atoms with Gasteiger partial charge in [0.2, 0.25) is 0 Å². The Morgan fingerprint density at radius 2 is 1.96 bits per heavy atom. The van der Waals surface area contributed by atoms with Crippen LogP contribution in [0.5, 0.6) is 0 Å². The Bertz CT molecular complexity index is 1090. The SMILES string of the molecule is Cc1nccn1CCC(c1ccccc1)n1cnc2cn(C)nc2c1=O. The molecular formula is C19H20N6O. The van der Waals surface area contributed by atoms with E-state index in [1.165, 1.54) is 0 Å². The predicted octanol–water partition coefficient (Wildman–Crippen LogP) is 2.31. The van der Waals surface area contributed by atoms with E-state index in [9.17, 15) is 4.79 Å². The maximum atomic E-state index is 13.0. The molecule has 1 atom stereocenters. The third-order valence-corrected chi connectivity index (χ3v) is 4.65. The summed E-state index contributed by atoms with van der Waals surface area (Å²) in [7, 11) is 1.79. The van der Waals surface area contributed by atoms with Crippen molar-refractivity contribution in [3.05, 3.63) is 77.0 Å². The van der Waals surface area contributed by atoms with Crippen LogP contribution in [0, 0.1) is 6.92 Å². The molecule has 4 aromatic rings. The van der Waals surface area contributed by atoms with Crippen LogP contribution in [0.25, 0.3) is 11.0 Å². The summed E-state index contributed by atoms with van der Waals surface area (Å²) in [5.41, 5.74) is 1.97. The van der Waals surface area contributed by atoms with Gasteiger partial charge in [-0.05, 0) is 18.9 Å². The maximum absolute atomic E-state index is 13.0. The van der Waals surface area contributed by atoms with Crippen LogP contribution in [0.15, 0.2) is 60.0 Å². The van der Waals surface area contributed by atoms with Crippen LogP contribution in [0.1, 0.15) is 23.9 Å². The van der Waals surface area contributed by atoms with Gasteiger partial charge in [0.05, 0.1) is 18.6 Å². The van der Waals surface area contributed by atoms with Crippen molar-refractivity contribution >= 4 is 11.0 Å². The first-order valence-electron chi connectivity index (χ1n) is 8.56. The van der Waals surface area contributed by atoms with E-state index in [0.29, 0.717) is 11.0 Å². The summed E-state index contributed by atoms with van der Waals surface area (Å²) in [6.45, 7) is 2.74. The lowest BCUT2D eigenvalue weighted by molar-refractivity contribution is 0.473. The van der Waals surface area contributed by atoms with Gasteiger partial charge >= 0.3 is 0 Å². The van der Waals surface area contributed by atoms with Crippen molar-refractivity contribution in [2.75, 3.05) is 0 Å². The van der Waals surface area contributed by atoms with Gasteiger partial charge in [-0.2, -0.15) is 5.10 Å². The van der Waals surface area contributed by atoms with Crippen LogP contribution in [0.2, 0.25) is 0 Å². The van der Waals surface area contributed by atoms with Gasteiger partial charge < -0.3 is 4.57 Å². The molecule has 7 nitrogen and oxygen atoms in total. The zero-order chi connectivity index (χ0) is 18.1. The monoisotopic (exact) mass is 348 g/mol. The van der Waals surface area contributed by atoms with E-state index in [4.69, 9.17) is 0 Å². The van der Waals surface area contributed by atoms with Gasteiger partial charge in [0.15, 0.2) is 5.52 Å². The lowest BCUT2D eigenvalue weighted by Crippen LogP contribution is -2.27. The molecule has 0 fully saturated rings. The third kappa shape index (κ3) is 2.92. The number of imidazole rings is 1. The summed E-state index contributed by atoms with van der Waals surface area (Å²) in [4.78, 5) is 21.7. The van der Waals surface area contributed by atoms with Crippen molar-refractivity contribution in [2.45, 2.75) is 25.9 Å². The van der Waals surface area contributed by atoms with E-state index in [1.807, 2.05) is 43.5 Å². The van der Waals surface area contributed by atoms with Gasteiger partial charge in [-0.15, -0.1) is 0 Å². The van der Waals surface area contributed by atoms with Crippen LogP contribution < -0.4 is 5.56 Å². The van der Waals surface area contributed by atoms with E-state index in [1.54, 1.807) is 35.0 Å². The number of rotatable bonds is 5. The van der Waals surface area contributed by atoms with Gasteiger partial charge in [0.1, 0.15) is 11.3 Å². The molecule has 0 radical (unpaired) electrons. The first-order chi connectivity index (χ1) is 12.6. The number of aryl methyl sites for hydroxylation is 3. The van der Waals surface area contributed by atoms with Crippen molar-refractivity contribution in [1.29, 1.82) is 0 Å². The lowest BCUT2D eigenvalue weighted by atomic mass is 10.0. The second-order valence-electron chi connectivity index (χ2n) is 6.38. The molecule has 0 spiro atoms. The Labute approximate surface area is 150 Å². The molecule has 0 saturated carbocycles. The smallest absolute Gasteiger partial charge is 0.282 e. The topological polar surface area (TPSA) is 70.5 Å². The minimum Gasteiger partial charge on any atom is -0.335 e. The Balaban J connectivity index is 1.76.